The van der Waals surface area contributed by atoms with Crippen LogP contribution in [0.25, 0.3) is 11.1 Å². The molecule has 1 aliphatic heterocycles. The number of hydrogen-bond donors (Lipinski definition) is 2. The fourth-order valence-electron chi connectivity index (χ4n) is 4.94. The summed E-state index contributed by atoms with van der Waals surface area (Å²) >= 11 is 12.6. The summed E-state index contributed by atoms with van der Waals surface area (Å²) in [6, 6.07) is 9.16. The van der Waals surface area contributed by atoms with E-state index in [1.807, 2.05) is 10.9 Å². The lowest BCUT2D eigenvalue weighted by Crippen LogP contribution is -2.29. The van der Waals surface area contributed by atoms with Crippen molar-refractivity contribution in [1.29, 1.82) is 0 Å². The van der Waals surface area contributed by atoms with Gasteiger partial charge < -0.3 is 15.8 Å². The Labute approximate surface area is 240 Å². The van der Waals surface area contributed by atoms with Crippen LogP contribution >= 0.6 is 23.2 Å². The van der Waals surface area contributed by atoms with E-state index < -0.39 is 16.8 Å². The third-order valence-corrected chi connectivity index (χ3v) is 7.78. The van der Waals surface area contributed by atoms with Gasteiger partial charge in [0, 0.05) is 58.2 Å². The van der Waals surface area contributed by atoms with Crippen molar-refractivity contribution < 1.29 is 14.1 Å². The average Bonchev–Trinajstić information content (AvgIpc) is 3.44. The van der Waals surface area contributed by atoms with Gasteiger partial charge in [0.15, 0.2) is 11.6 Å². The quantitative estimate of drug-likeness (QED) is 0.137. The van der Waals surface area contributed by atoms with Crippen molar-refractivity contribution in [2.24, 2.45) is 0 Å². The van der Waals surface area contributed by atoms with Gasteiger partial charge in [0.1, 0.15) is 11.9 Å². The number of nitrogens with two attached hydrogens (primary N) is 1. The Kier molecular flexibility index (Phi) is 8.20. The van der Waals surface area contributed by atoms with Gasteiger partial charge >= 0.3 is 0 Å². The highest BCUT2D eigenvalue weighted by molar-refractivity contribution is 6.36. The van der Waals surface area contributed by atoms with Crippen LogP contribution in [0, 0.1) is 15.9 Å². The summed E-state index contributed by atoms with van der Waals surface area (Å²) in [6.07, 6.45) is 6.92. The van der Waals surface area contributed by atoms with Crippen molar-refractivity contribution in [2.45, 2.75) is 38.3 Å². The molecule has 9 nitrogen and oxygen atoms in total. The topological polar surface area (TPSA) is 121 Å². The van der Waals surface area contributed by atoms with Crippen LogP contribution in [-0.2, 0) is 6.42 Å². The first-order valence-electron chi connectivity index (χ1n) is 12.8. The van der Waals surface area contributed by atoms with Crippen molar-refractivity contribution in [3.05, 3.63) is 97.7 Å². The van der Waals surface area contributed by atoms with Gasteiger partial charge in [-0.2, -0.15) is 5.10 Å². The summed E-state index contributed by atoms with van der Waals surface area (Å²) in [5.74, 6) is -0.205. The van der Waals surface area contributed by atoms with E-state index >= 15 is 0 Å². The number of nitro benzene ring substituents is 1. The van der Waals surface area contributed by atoms with E-state index in [9.17, 15) is 14.5 Å². The number of ether oxygens (including phenoxy) is 1. The van der Waals surface area contributed by atoms with Crippen LogP contribution < -0.4 is 15.8 Å². The molecule has 12 heteroatoms. The first kappa shape index (κ1) is 27.8. The summed E-state index contributed by atoms with van der Waals surface area (Å²) in [6.45, 7) is 3.55. The molecule has 1 aliphatic rings. The van der Waals surface area contributed by atoms with Gasteiger partial charge in [-0.3, -0.25) is 14.8 Å². The number of anilines is 1. The van der Waals surface area contributed by atoms with Crippen LogP contribution in [0.15, 0.2) is 55.0 Å². The summed E-state index contributed by atoms with van der Waals surface area (Å²) < 4.78 is 22.6. The molecule has 208 valence electrons. The lowest BCUT2D eigenvalue weighted by atomic mass is 9.96. The molecule has 2 aromatic carbocycles. The Hall–Kier alpha value is -3.73. The highest BCUT2D eigenvalue weighted by Crippen LogP contribution is 2.41. The minimum absolute atomic E-state index is 0.0121. The maximum Gasteiger partial charge on any atom is 0.269 e. The highest BCUT2D eigenvalue weighted by Gasteiger charge is 2.25. The van der Waals surface area contributed by atoms with Crippen LogP contribution in [0.3, 0.4) is 0 Å². The number of nitro groups is 1. The standard InChI is InChI=1S/C28H27Cl2FN6O3/c1-16(25-23(29)6-7-24(31)26(25)30)40-27-21(12-17-2-4-20(5-3-17)37(38)39)22(14-34-28(27)32)18-13-35-36(15-18)19-8-10-33-11-9-19/h2-7,13-16,19,33H,8-12H2,1H3,(H2,32,34)/t16-/m1/s1. The zero-order valence-corrected chi connectivity index (χ0v) is 23.1. The number of hydrogen-bond acceptors (Lipinski definition) is 7. The summed E-state index contributed by atoms with van der Waals surface area (Å²) in [4.78, 5) is 15.1. The van der Waals surface area contributed by atoms with E-state index in [1.165, 1.54) is 24.3 Å². The van der Waals surface area contributed by atoms with E-state index in [2.05, 4.69) is 15.4 Å². The average molecular weight is 585 g/mol. The Bertz CT molecular complexity index is 1540. The summed E-state index contributed by atoms with van der Waals surface area (Å²) in [7, 11) is 0. The maximum atomic E-state index is 14.3. The number of piperidine rings is 1. The second-order valence-electron chi connectivity index (χ2n) is 9.67. The SMILES string of the molecule is C[C@@H](Oc1c(N)ncc(-c2cnn(C3CCNCC3)c2)c1Cc1ccc([N+](=O)[O-])cc1)c1c(Cl)ccc(F)c1Cl. The minimum Gasteiger partial charge on any atom is -0.482 e. The van der Waals surface area contributed by atoms with Gasteiger partial charge in [-0.15, -0.1) is 0 Å². The molecule has 0 amide bonds. The number of rotatable bonds is 8. The fourth-order valence-corrected chi connectivity index (χ4v) is 5.62. The lowest BCUT2D eigenvalue weighted by molar-refractivity contribution is -0.384. The molecule has 2 aromatic heterocycles. The van der Waals surface area contributed by atoms with Crippen molar-refractivity contribution >= 4 is 34.7 Å². The second-order valence-corrected chi connectivity index (χ2v) is 10.5. The van der Waals surface area contributed by atoms with E-state index in [1.54, 1.807) is 31.5 Å². The molecule has 3 N–H and O–H groups in total. The number of aromatic nitrogens is 3. The molecule has 1 atom stereocenters. The van der Waals surface area contributed by atoms with E-state index in [4.69, 9.17) is 33.7 Å². The summed E-state index contributed by atoms with van der Waals surface area (Å²) in [5, 5.41) is 19.3. The zero-order valence-electron chi connectivity index (χ0n) is 21.6. The smallest absolute Gasteiger partial charge is 0.269 e. The molecule has 40 heavy (non-hydrogen) atoms. The highest BCUT2D eigenvalue weighted by atomic mass is 35.5. The van der Waals surface area contributed by atoms with E-state index in [0.29, 0.717) is 12.0 Å². The van der Waals surface area contributed by atoms with Gasteiger partial charge in [-0.25, -0.2) is 9.37 Å². The normalized spacial score (nSPS) is 14.7. The number of nitrogens with zero attached hydrogens (tertiary/aromatic N) is 4. The Morgan fingerprint density at radius 1 is 1.20 bits per heavy atom. The van der Waals surface area contributed by atoms with Crippen molar-refractivity contribution in [2.75, 3.05) is 18.8 Å². The maximum absolute atomic E-state index is 14.3. The van der Waals surface area contributed by atoms with Gasteiger partial charge in [0.25, 0.3) is 5.69 Å². The van der Waals surface area contributed by atoms with Crippen LogP contribution in [0.4, 0.5) is 15.9 Å². The molecule has 0 aliphatic carbocycles. The number of pyridine rings is 1. The number of halogens is 3. The molecular formula is C28H27Cl2FN6O3. The molecule has 3 heterocycles. The molecule has 0 unspecified atom stereocenters. The third kappa shape index (κ3) is 5.74. The molecule has 1 fully saturated rings. The first-order valence-corrected chi connectivity index (χ1v) is 13.5. The molecule has 0 bridgehead atoms. The Balaban J connectivity index is 1.58. The van der Waals surface area contributed by atoms with Gasteiger partial charge in [0.05, 0.1) is 22.2 Å². The van der Waals surface area contributed by atoms with Crippen molar-refractivity contribution in [3.8, 4) is 16.9 Å². The second kappa shape index (κ2) is 11.8. The minimum atomic E-state index is -0.775. The third-order valence-electron chi connectivity index (χ3n) is 7.07. The molecule has 0 radical (unpaired) electrons. The predicted molar refractivity (Wildman–Crippen MR) is 152 cm³/mol. The van der Waals surface area contributed by atoms with Crippen LogP contribution in [0.1, 0.15) is 48.6 Å². The zero-order chi connectivity index (χ0) is 28.4. The van der Waals surface area contributed by atoms with Gasteiger partial charge in [-0.1, -0.05) is 35.3 Å². The first-order chi connectivity index (χ1) is 19.2. The predicted octanol–water partition coefficient (Wildman–Crippen LogP) is 6.54. The lowest BCUT2D eigenvalue weighted by Gasteiger charge is -2.23. The molecule has 0 spiro atoms. The summed E-state index contributed by atoms with van der Waals surface area (Å²) in [5.41, 5.74) is 9.67. The van der Waals surface area contributed by atoms with Crippen LogP contribution in [0.2, 0.25) is 10.0 Å². The van der Waals surface area contributed by atoms with Gasteiger partial charge in [-0.05, 0) is 50.6 Å². The molecular weight excluding hydrogens is 558 g/mol. The van der Waals surface area contributed by atoms with E-state index in [-0.39, 0.29) is 38.9 Å². The molecule has 1 saturated heterocycles. The Morgan fingerprint density at radius 2 is 1.93 bits per heavy atom. The largest absolute Gasteiger partial charge is 0.482 e. The number of benzene rings is 2. The molecule has 0 saturated carbocycles. The van der Waals surface area contributed by atoms with Crippen LogP contribution in [-0.4, -0.2) is 32.8 Å². The molecule has 5 rings (SSSR count). The molecule has 4 aromatic rings. The van der Waals surface area contributed by atoms with Crippen LogP contribution in [0.5, 0.6) is 5.75 Å². The van der Waals surface area contributed by atoms with E-state index in [0.717, 1.165) is 42.6 Å². The van der Waals surface area contributed by atoms with Crippen molar-refractivity contribution in [3.63, 3.8) is 0 Å². The van der Waals surface area contributed by atoms with Crippen molar-refractivity contribution in [1.82, 2.24) is 20.1 Å². The number of nitrogens with one attached hydrogen (secondary N) is 1. The number of non-ortho nitro benzene ring substituents is 1. The Morgan fingerprint density at radius 3 is 2.62 bits per heavy atom. The number of nitrogen functional groups attached to an aromatic ring is 1. The fraction of sp³-hybridized carbons (Fsp3) is 0.286. The van der Waals surface area contributed by atoms with Gasteiger partial charge in [0.2, 0.25) is 0 Å². The monoisotopic (exact) mass is 584 g/mol.